The van der Waals surface area contributed by atoms with Gasteiger partial charge in [0.25, 0.3) is 0 Å². The third-order valence-corrected chi connectivity index (χ3v) is 4.19. The minimum atomic E-state index is 0.430. The summed E-state index contributed by atoms with van der Waals surface area (Å²) in [7, 11) is 1.74. The maximum atomic E-state index is 6.08. The number of fused-ring (bicyclic) bond motifs is 1. The van der Waals surface area contributed by atoms with E-state index in [-0.39, 0.29) is 0 Å². The van der Waals surface area contributed by atoms with Gasteiger partial charge in [0, 0.05) is 10.9 Å². The van der Waals surface area contributed by atoms with Gasteiger partial charge in [0.15, 0.2) is 0 Å². The fourth-order valence-electron chi connectivity index (χ4n) is 3.08. The standard InChI is InChI=1S/C18H22O2/c1-19-18-15(13-20-16-8-3-2-4-9-16)12-11-14-7-5-6-10-17(14)18/h5-7,10-12,16H,2-4,8-9,13H2,1H3. The molecule has 3 rings (SSSR count). The van der Waals surface area contributed by atoms with Gasteiger partial charge in [-0.05, 0) is 18.2 Å². The van der Waals surface area contributed by atoms with Crippen LogP contribution < -0.4 is 4.74 Å². The molecule has 0 bridgehead atoms. The van der Waals surface area contributed by atoms with Gasteiger partial charge < -0.3 is 9.47 Å². The Kier molecular flexibility index (Phi) is 4.22. The van der Waals surface area contributed by atoms with Crippen molar-refractivity contribution >= 4 is 10.8 Å². The van der Waals surface area contributed by atoms with E-state index in [2.05, 4.69) is 36.4 Å². The van der Waals surface area contributed by atoms with Crippen molar-refractivity contribution in [2.45, 2.75) is 44.8 Å². The molecule has 20 heavy (non-hydrogen) atoms. The lowest BCUT2D eigenvalue weighted by Crippen LogP contribution is -2.16. The van der Waals surface area contributed by atoms with Crippen molar-refractivity contribution in [1.29, 1.82) is 0 Å². The number of hydrogen-bond acceptors (Lipinski definition) is 2. The molecule has 2 aromatic carbocycles. The lowest BCUT2D eigenvalue weighted by Gasteiger charge is -2.22. The zero-order chi connectivity index (χ0) is 13.8. The highest BCUT2D eigenvalue weighted by molar-refractivity contribution is 5.89. The average molecular weight is 270 g/mol. The lowest BCUT2D eigenvalue weighted by atomic mass is 9.98. The second-order valence-electron chi connectivity index (χ2n) is 5.55. The van der Waals surface area contributed by atoms with Crippen LogP contribution in [0.15, 0.2) is 36.4 Å². The maximum absolute atomic E-state index is 6.08. The zero-order valence-corrected chi connectivity index (χ0v) is 12.1. The first kappa shape index (κ1) is 13.4. The van der Waals surface area contributed by atoms with Crippen LogP contribution in [0.1, 0.15) is 37.7 Å². The number of ether oxygens (including phenoxy) is 2. The summed E-state index contributed by atoms with van der Waals surface area (Å²) in [6.07, 6.45) is 6.81. The van der Waals surface area contributed by atoms with Crippen molar-refractivity contribution in [2.24, 2.45) is 0 Å². The second-order valence-corrected chi connectivity index (χ2v) is 5.55. The van der Waals surface area contributed by atoms with Gasteiger partial charge in [-0.15, -0.1) is 0 Å². The number of methoxy groups -OCH3 is 1. The quantitative estimate of drug-likeness (QED) is 0.802. The van der Waals surface area contributed by atoms with Crippen molar-refractivity contribution in [1.82, 2.24) is 0 Å². The number of rotatable bonds is 4. The summed E-state index contributed by atoms with van der Waals surface area (Å²) in [4.78, 5) is 0. The lowest BCUT2D eigenvalue weighted by molar-refractivity contribution is 0.0161. The van der Waals surface area contributed by atoms with Crippen LogP contribution >= 0.6 is 0 Å². The molecule has 1 aliphatic carbocycles. The largest absolute Gasteiger partial charge is 0.496 e. The molecule has 2 nitrogen and oxygen atoms in total. The van der Waals surface area contributed by atoms with Crippen molar-refractivity contribution in [3.8, 4) is 5.75 Å². The predicted octanol–water partition coefficient (Wildman–Crippen LogP) is 4.70. The Morgan fingerprint density at radius 1 is 1.00 bits per heavy atom. The highest BCUT2D eigenvalue weighted by Crippen LogP contribution is 2.31. The van der Waals surface area contributed by atoms with Crippen molar-refractivity contribution in [3.63, 3.8) is 0 Å². The molecule has 0 aromatic heterocycles. The molecule has 0 saturated heterocycles. The predicted molar refractivity (Wildman–Crippen MR) is 82.2 cm³/mol. The summed E-state index contributed by atoms with van der Waals surface area (Å²) in [5.41, 5.74) is 1.15. The normalized spacial score (nSPS) is 16.4. The van der Waals surface area contributed by atoms with Gasteiger partial charge in [0.05, 0.1) is 19.8 Å². The summed E-state index contributed by atoms with van der Waals surface area (Å²) in [6, 6.07) is 12.6. The molecule has 0 heterocycles. The van der Waals surface area contributed by atoms with E-state index >= 15 is 0 Å². The Morgan fingerprint density at radius 2 is 1.80 bits per heavy atom. The molecule has 1 aliphatic rings. The van der Waals surface area contributed by atoms with Crippen molar-refractivity contribution in [3.05, 3.63) is 42.0 Å². The number of benzene rings is 2. The molecule has 0 amide bonds. The molecular formula is C18H22O2. The fourth-order valence-corrected chi connectivity index (χ4v) is 3.08. The molecule has 106 valence electrons. The molecule has 1 saturated carbocycles. The first-order chi connectivity index (χ1) is 9.88. The van der Waals surface area contributed by atoms with Crippen LogP contribution in [0.2, 0.25) is 0 Å². The molecule has 0 radical (unpaired) electrons. The molecule has 0 unspecified atom stereocenters. The van der Waals surface area contributed by atoms with Crippen molar-refractivity contribution in [2.75, 3.05) is 7.11 Å². The van der Waals surface area contributed by atoms with Crippen LogP contribution in [0.25, 0.3) is 10.8 Å². The minimum Gasteiger partial charge on any atom is -0.496 e. The van der Waals surface area contributed by atoms with E-state index < -0.39 is 0 Å². The van der Waals surface area contributed by atoms with Gasteiger partial charge in [-0.1, -0.05) is 55.7 Å². The first-order valence-electron chi connectivity index (χ1n) is 7.54. The van der Waals surface area contributed by atoms with Crippen LogP contribution in [-0.4, -0.2) is 13.2 Å². The molecule has 2 aromatic rings. The molecule has 0 spiro atoms. The Morgan fingerprint density at radius 3 is 2.60 bits per heavy atom. The monoisotopic (exact) mass is 270 g/mol. The van der Waals surface area contributed by atoms with Crippen LogP contribution in [0.3, 0.4) is 0 Å². The van der Waals surface area contributed by atoms with Gasteiger partial charge in [-0.3, -0.25) is 0 Å². The van der Waals surface area contributed by atoms with Gasteiger partial charge in [0.1, 0.15) is 5.75 Å². The highest BCUT2D eigenvalue weighted by Gasteiger charge is 2.15. The molecule has 0 atom stereocenters. The Hall–Kier alpha value is -1.54. The van der Waals surface area contributed by atoms with Crippen molar-refractivity contribution < 1.29 is 9.47 Å². The summed E-state index contributed by atoms with van der Waals surface area (Å²) < 4.78 is 11.7. The van der Waals surface area contributed by atoms with E-state index in [1.165, 1.54) is 42.9 Å². The fraction of sp³-hybridized carbons (Fsp3) is 0.444. The maximum Gasteiger partial charge on any atom is 0.132 e. The van der Waals surface area contributed by atoms with E-state index in [4.69, 9.17) is 9.47 Å². The summed E-state index contributed by atoms with van der Waals surface area (Å²) in [5, 5.41) is 2.38. The van der Waals surface area contributed by atoms with Crippen LogP contribution in [-0.2, 0) is 11.3 Å². The summed E-state index contributed by atoms with van der Waals surface area (Å²) >= 11 is 0. The van der Waals surface area contributed by atoms with Gasteiger partial charge in [-0.2, -0.15) is 0 Å². The van der Waals surface area contributed by atoms with E-state index in [0.717, 1.165) is 11.3 Å². The van der Waals surface area contributed by atoms with Gasteiger partial charge in [-0.25, -0.2) is 0 Å². The smallest absolute Gasteiger partial charge is 0.132 e. The van der Waals surface area contributed by atoms with E-state index in [1.807, 2.05) is 0 Å². The SMILES string of the molecule is COc1c(COC2CCCCC2)ccc2ccccc12. The first-order valence-corrected chi connectivity index (χ1v) is 7.54. The molecule has 2 heteroatoms. The Bertz CT molecular complexity index is 571. The second kappa shape index (κ2) is 6.27. The van der Waals surface area contributed by atoms with E-state index in [1.54, 1.807) is 7.11 Å². The van der Waals surface area contributed by atoms with Crippen LogP contribution in [0.4, 0.5) is 0 Å². The summed E-state index contributed by atoms with van der Waals surface area (Å²) in [6.45, 7) is 0.651. The molecule has 0 aliphatic heterocycles. The van der Waals surface area contributed by atoms with Crippen LogP contribution in [0, 0.1) is 0 Å². The minimum absolute atomic E-state index is 0.430. The highest BCUT2D eigenvalue weighted by atomic mass is 16.5. The Labute approximate surface area is 120 Å². The third kappa shape index (κ3) is 2.80. The van der Waals surface area contributed by atoms with Gasteiger partial charge >= 0.3 is 0 Å². The summed E-state index contributed by atoms with van der Waals surface area (Å²) in [5.74, 6) is 0.957. The third-order valence-electron chi connectivity index (χ3n) is 4.19. The van der Waals surface area contributed by atoms with E-state index in [9.17, 15) is 0 Å². The molecule has 0 N–H and O–H groups in total. The Balaban J connectivity index is 1.80. The van der Waals surface area contributed by atoms with E-state index in [0.29, 0.717) is 12.7 Å². The van der Waals surface area contributed by atoms with Gasteiger partial charge in [0.2, 0.25) is 0 Å². The zero-order valence-electron chi connectivity index (χ0n) is 12.1. The topological polar surface area (TPSA) is 18.5 Å². The van der Waals surface area contributed by atoms with Crippen LogP contribution in [0.5, 0.6) is 5.75 Å². The molecule has 1 fully saturated rings. The number of hydrogen-bond donors (Lipinski definition) is 0. The molecular weight excluding hydrogens is 248 g/mol. The average Bonchev–Trinajstić information content (AvgIpc) is 2.53.